The number of fused-ring (bicyclic) bond motifs is 1. The Morgan fingerprint density at radius 1 is 1.29 bits per heavy atom. The number of nitrogens with zero attached hydrogens (tertiary/aromatic N) is 1. The first-order valence-corrected chi connectivity index (χ1v) is 9.68. The number of carbonyl (C=O) groups is 1. The summed E-state index contributed by atoms with van der Waals surface area (Å²) in [4.78, 5) is 12.0. The molecular formula is C13H14Br2N2O3S. The van der Waals surface area contributed by atoms with Crippen molar-refractivity contribution in [3.05, 3.63) is 27.1 Å². The summed E-state index contributed by atoms with van der Waals surface area (Å²) in [6.07, 6.45) is 1.46. The molecule has 2 saturated heterocycles. The monoisotopic (exact) mass is 436 g/mol. The smallest absolute Gasteiger partial charge is 0.244 e. The Kier molecular flexibility index (Phi) is 4.15. The SMILES string of the molecule is O=C1NCC2C1CCCN2S(=O)(=O)c1ccc(Br)cc1Br. The number of rotatable bonds is 2. The van der Waals surface area contributed by atoms with Crippen molar-refractivity contribution in [3.8, 4) is 0 Å². The Morgan fingerprint density at radius 2 is 2.05 bits per heavy atom. The lowest BCUT2D eigenvalue weighted by atomic mass is 9.93. The van der Waals surface area contributed by atoms with Crippen LogP contribution in [-0.4, -0.2) is 37.8 Å². The summed E-state index contributed by atoms with van der Waals surface area (Å²) >= 11 is 6.63. The standard InChI is InChI=1S/C13H14Br2N2O3S/c14-8-3-4-12(10(15)6-8)21(19,20)17-5-1-2-9-11(17)7-16-13(9)18/h3-4,6,9,11H,1-2,5,7H2,(H,16,18). The highest BCUT2D eigenvalue weighted by Gasteiger charge is 2.45. The van der Waals surface area contributed by atoms with Crippen LogP contribution in [0, 0.1) is 5.92 Å². The first-order valence-electron chi connectivity index (χ1n) is 6.66. The van der Waals surface area contributed by atoms with E-state index in [4.69, 9.17) is 0 Å². The van der Waals surface area contributed by atoms with Crippen molar-refractivity contribution in [1.82, 2.24) is 9.62 Å². The van der Waals surface area contributed by atoms with E-state index in [0.717, 1.165) is 10.9 Å². The minimum Gasteiger partial charge on any atom is -0.354 e. The van der Waals surface area contributed by atoms with Crippen LogP contribution in [-0.2, 0) is 14.8 Å². The molecule has 21 heavy (non-hydrogen) atoms. The van der Waals surface area contributed by atoms with Crippen molar-refractivity contribution in [2.45, 2.75) is 23.8 Å². The van der Waals surface area contributed by atoms with Gasteiger partial charge in [-0.05, 0) is 47.0 Å². The quantitative estimate of drug-likeness (QED) is 0.770. The minimum atomic E-state index is -3.61. The van der Waals surface area contributed by atoms with Crippen LogP contribution in [0.4, 0.5) is 0 Å². The molecular weight excluding hydrogens is 424 g/mol. The molecule has 0 aliphatic carbocycles. The Morgan fingerprint density at radius 3 is 2.76 bits per heavy atom. The molecule has 2 fully saturated rings. The molecule has 1 amide bonds. The highest BCUT2D eigenvalue weighted by Crippen LogP contribution is 2.34. The summed E-state index contributed by atoms with van der Waals surface area (Å²) in [5.74, 6) is -0.252. The Balaban J connectivity index is 1.99. The largest absolute Gasteiger partial charge is 0.354 e. The number of amides is 1. The van der Waals surface area contributed by atoms with Crippen molar-refractivity contribution in [1.29, 1.82) is 0 Å². The Bertz CT molecular complexity index is 693. The lowest BCUT2D eigenvalue weighted by molar-refractivity contribution is -0.123. The summed E-state index contributed by atoms with van der Waals surface area (Å²) in [7, 11) is -3.61. The number of sulfonamides is 1. The third kappa shape index (κ3) is 2.67. The zero-order valence-corrected chi connectivity index (χ0v) is 15.0. The molecule has 0 spiro atoms. The molecule has 1 aromatic rings. The maximum Gasteiger partial charge on any atom is 0.244 e. The zero-order valence-electron chi connectivity index (χ0n) is 11.1. The molecule has 2 aliphatic rings. The number of hydrogen-bond donors (Lipinski definition) is 1. The van der Waals surface area contributed by atoms with Crippen molar-refractivity contribution < 1.29 is 13.2 Å². The maximum atomic E-state index is 12.9. The lowest BCUT2D eigenvalue weighted by Crippen LogP contribution is -2.48. The van der Waals surface area contributed by atoms with Crippen molar-refractivity contribution >= 4 is 47.8 Å². The molecule has 2 atom stereocenters. The van der Waals surface area contributed by atoms with Crippen LogP contribution in [0.2, 0.25) is 0 Å². The Hall–Kier alpha value is -0.440. The first-order chi connectivity index (χ1) is 9.91. The van der Waals surface area contributed by atoms with Gasteiger partial charge in [-0.2, -0.15) is 4.31 Å². The van der Waals surface area contributed by atoms with Gasteiger partial charge in [-0.1, -0.05) is 15.9 Å². The van der Waals surface area contributed by atoms with Gasteiger partial charge in [-0.3, -0.25) is 4.79 Å². The molecule has 0 bridgehead atoms. The molecule has 8 heteroatoms. The second-order valence-corrected chi connectivity index (χ2v) is 8.88. The van der Waals surface area contributed by atoms with Gasteiger partial charge >= 0.3 is 0 Å². The lowest BCUT2D eigenvalue weighted by Gasteiger charge is -2.34. The van der Waals surface area contributed by atoms with E-state index in [9.17, 15) is 13.2 Å². The van der Waals surface area contributed by atoms with E-state index in [1.54, 1.807) is 18.2 Å². The van der Waals surface area contributed by atoms with Crippen LogP contribution in [0.25, 0.3) is 0 Å². The van der Waals surface area contributed by atoms with Gasteiger partial charge in [0.2, 0.25) is 15.9 Å². The number of halogens is 2. The van der Waals surface area contributed by atoms with E-state index >= 15 is 0 Å². The van der Waals surface area contributed by atoms with E-state index in [1.807, 2.05) is 0 Å². The zero-order chi connectivity index (χ0) is 15.2. The topological polar surface area (TPSA) is 66.5 Å². The molecule has 0 radical (unpaired) electrons. The van der Waals surface area contributed by atoms with E-state index in [0.29, 0.717) is 24.0 Å². The summed E-state index contributed by atoms with van der Waals surface area (Å²) in [5.41, 5.74) is 0. The molecule has 114 valence electrons. The van der Waals surface area contributed by atoms with Gasteiger partial charge < -0.3 is 5.32 Å². The van der Waals surface area contributed by atoms with Gasteiger partial charge in [0.25, 0.3) is 0 Å². The van der Waals surface area contributed by atoms with E-state index < -0.39 is 10.0 Å². The number of piperidine rings is 1. The number of hydrogen-bond acceptors (Lipinski definition) is 3. The fraction of sp³-hybridized carbons (Fsp3) is 0.462. The van der Waals surface area contributed by atoms with Crippen LogP contribution in [0.5, 0.6) is 0 Å². The predicted octanol–water partition coefficient (Wildman–Crippen LogP) is 2.11. The molecule has 1 aromatic carbocycles. The summed E-state index contributed by atoms with van der Waals surface area (Å²) in [6.45, 7) is 0.859. The molecule has 3 rings (SSSR count). The van der Waals surface area contributed by atoms with Gasteiger partial charge in [-0.25, -0.2) is 8.42 Å². The number of carbonyl (C=O) groups excluding carboxylic acids is 1. The van der Waals surface area contributed by atoms with Crippen LogP contribution in [0.1, 0.15) is 12.8 Å². The highest BCUT2D eigenvalue weighted by atomic mass is 79.9. The second-order valence-electron chi connectivity index (χ2n) is 5.25. The first kappa shape index (κ1) is 15.5. The maximum absolute atomic E-state index is 12.9. The molecule has 2 heterocycles. The summed E-state index contributed by atoms with van der Waals surface area (Å²) < 4.78 is 28.6. The summed E-state index contributed by atoms with van der Waals surface area (Å²) in [5, 5.41) is 2.77. The van der Waals surface area contributed by atoms with Gasteiger partial charge in [0, 0.05) is 22.0 Å². The van der Waals surface area contributed by atoms with Gasteiger partial charge in [0.15, 0.2) is 0 Å². The van der Waals surface area contributed by atoms with Crippen LogP contribution in [0.15, 0.2) is 32.0 Å². The Labute approximate surface area is 140 Å². The fourth-order valence-electron chi connectivity index (χ4n) is 3.02. The van der Waals surface area contributed by atoms with Gasteiger partial charge in [0.05, 0.1) is 16.9 Å². The predicted molar refractivity (Wildman–Crippen MR) is 85.3 cm³/mol. The van der Waals surface area contributed by atoms with Gasteiger partial charge in [0.1, 0.15) is 0 Å². The molecule has 2 unspecified atom stereocenters. The second kappa shape index (κ2) is 5.64. The van der Waals surface area contributed by atoms with Crippen molar-refractivity contribution in [2.75, 3.05) is 13.1 Å². The van der Waals surface area contributed by atoms with Gasteiger partial charge in [-0.15, -0.1) is 0 Å². The van der Waals surface area contributed by atoms with Crippen LogP contribution in [0.3, 0.4) is 0 Å². The molecule has 0 saturated carbocycles. The molecule has 1 N–H and O–H groups in total. The van der Waals surface area contributed by atoms with E-state index in [1.165, 1.54) is 4.31 Å². The third-order valence-electron chi connectivity index (χ3n) is 4.03. The third-order valence-corrected chi connectivity index (χ3v) is 7.43. The normalized spacial score (nSPS) is 26.5. The summed E-state index contributed by atoms with van der Waals surface area (Å²) in [6, 6.07) is 4.73. The molecule has 5 nitrogen and oxygen atoms in total. The average molecular weight is 438 g/mol. The minimum absolute atomic E-state index is 0.0326. The van der Waals surface area contributed by atoms with Crippen molar-refractivity contribution in [2.24, 2.45) is 5.92 Å². The highest BCUT2D eigenvalue weighted by molar-refractivity contribution is 9.11. The molecule has 2 aliphatic heterocycles. The number of nitrogens with one attached hydrogen (secondary N) is 1. The van der Waals surface area contributed by atoms with Crippen LogP contribution >= 0.6 is 31.9 Å². The average Bonchev–Trinajstić information content (AvgIpc) is 2.80. The van der Waals surface area contributed by atoms with Crippen molar-refractivity contribution in [3.63, 3.8) is 0 Å². The molecule has 0 aromatic heterocycles. The fourth-order valence-corrected chi connectivity index (χ4v) is 6.43. The van der Waals surface area contributed by atoms with E-state index in [-0.39, 0.29) is 22.8 Å². The number of benzene rings is 1. The van der Waals surface area contributed by atoms with E-state index in [2.05, 4.69) is 37.2 Å². The van der Waals surface area contributed by atoms with Crippen LogP contribution < -0.4 is 5.32 Å².